The number of aryl methyl sites for hydroxylation is 2. The largest absolute Gasteiger partial charge is 0.492 e. The fourth-order valence-electron chi connectivity index (χ4n) is 3.40. The molecule has 2 heterocycles. The first-order valence-corrected chi connectivity index (χ1v) is 10.3. The fraction of sp³-hybridized carbons (Fsp3) is 0.217. The Balaban J connectivity index is 1.65. The number of H-pyrrole nitrogens is 1. The van der Waals surface area contributed by atoms with Crippen LogP contribution in [0, 0.1) is 13.8 Å². The van der Waals surface area contributed by atoms with Crippen LogP contribution < -0.4 is 15.6 Å². The molecule has 2 aromatic carbocycles. The Morgan fingerprint density at radius 2 is 1.81 bits per heavy atom. The van der Waals surface area contributed by atoms with Gasteiger partial charge in [-0.1, -0.05) is 35.9 Å². The quantitative estimate of drug-likeness (QED) is 0.455. The lowest BCUT2D eigenvalue weighted by atomic mass is 10.1. The Labute approximate surface area is 184 Å². The summed E-state index contributed by atoms with van der Waals surface area (Å²) in [5, 5.41) is 4.59. The van der Waals surface area contributed by atoms with Gasteiger partial charge < -0.3 is 4.74 Å². The molecule has 0 saturated heterocycles. The summed E-state index contributed by atoms with van der Waals surface area (Å²) in [6.45, 7) is 6.18. The van der Waals surface area contributed by atoms with E-state index in [2.05, 4.69) is 25.3 Å². The lowest BCUT2D eigenvalue weighted by Crippen LogP contribution is -2.19. The van der Waals surface area contributed by atoms with Gasteiger partial charge in [0.15, 0.2) is 0 Å². The Kier molecular flexibility index (Phi) is 5.86. The van der Waals surface area contributed by atoms with Gasteiger partial charge in [0.2, 0.25) is 11.9 Å². The molecule has 2 aromatic heterocycles. The molecule has 8 heteroatoms. The van der Waals surface area contributed by atoms with E-state index in [1.807, 2.05) is 51.1 Å². The van der Waals surface area contributed by atoms with E-state index < -0.39 is 0 Å². The normalized spacial score (nSPS) is 11.0. The van der Waals surface area contributed by atoms with Gasteiger partial charge in [0.25, 0.3) is 5.56 Å². The lowest BCUT2D eigenvalue weighted by Gasteiger charge is -2.12. The molecule has 0 bridgehead atoms. The predicted octanol–water partition coefficient (Wildman–Crippen LogP) is 4.72. The molecule has 31 heavy (non-hydrogen) atoms. The number of halogens is 1. The van der Waals surface area contributed by atoms with E-state index in [0.29, 0.717) is 46.5 Å². The van der Waals surface area contributed by atoms with E-state index in [0.717, 1.165) is 16.6 Å². The second-order valence-electron chi connectivity index (χ2n) is 7.12. The molecule has 0 aliphatic heterocycles. The number of benzene rings is 2. The summed E-state index contributed by atoms with van der Waals surface area (Å²) >= 11 is 5.94. The highest BCUT2D eigenvalue weighted by molar-refractivity contribution is 6.30. The number of hydrogen-bond acceptors (Lipinski definition) is 6. The van der Waals surface area contributed by atoms with Crippen LogP contribution in [0.25, 0.3) is 10.9 Å². The van der Waals surface area contributed by atoms with Crippen molar-refractivity contribution in [3.63, 3.8) is 0 Å². The molecule has 0 atom stereocenters. The van der Waals surface area contributed by atoms with Gasteiger partial charge in [0.1, 0.15) is 11.3 Å². The number of nitrogens with zero attached hydrogens (tertiary/aromatic N) is 3. The highest BCUT2D eigenvalue weighted by Crippen LogP contribution is 2.27. The average molecular weight is 436 g/mol. The zero-order valence-corrected chi connectivity index (χ0v) is 18.2. The average Bonchev–Trinajstić information content (AvgIpc) is 2.73. The van der Waals surface area contributed by atoms with Crippen molar-refractivity contribution in [2.24, 2.45) is 0 Å². The van der Waals surface area contributed by atoms with Gasteiger partial charge in [0.05, 0.1) is 18.0 Å². The minimum absolute atomic E-state index is 0.211. The van der Waals surface area contributed by atoms with Crippen molar-refractivity contribution in [3.05, 3.63) is 80.4 Å². The monoisotopic (exact) mass is 435 g/mol. The van der Waals surface area contributed by atoms with Crippen LogP contribution >= 0.6 is 11.6 Å². The summed E-state index contributed by atoms with van der Waals surface area (Å²) in [6.07, 6.45) is 0.467. The zero-order valence-electron chi connectivity index (χ0n) is 17.5. The molecule has 0 aliphatic carbocycles. The maximum Gasteiger partial charge on any atom is 0.256 e. The first kappa shape index (κ1) is 20.8. The number of rotatable bonds is 6. The maximum absolute atomic E-state index is 12.7. The van der Waals surface area contributed by atoms with Crippen LogP contribution in [-0.2, 0) is 6.42 Å². The highest BCUT2D eigenvalue weighted by Gasteiger charge is 2.13. The van der Waals surface area contributed by atoms with Crippen molar-refractivity contribution in [2.45, 2.75) is 27.2 Å². The summed E-state index contributed by atoms with van der Waals surface area (Å²) in [4.78, 5) is 29.1. The van der Waals surface area contributed by atoms with Gasteiger partial charge in [0, 0.05) is 22.4 Å². The number of aromatic amines is 1. The van der Waals surface area contributed by atoms with Crippen molar-refractivity contribution < 1.29 is 4.74 Å². The van der Waals surface area contributed by atoms with E-state index >= 15 is 0 Å². The van der Waals surface area contributed by atoms with Crippen molar-refractivity contribution in [1.82, 2.24) is 19.9 Å². The van der Waals surface area contributed by atoms with Gasteiger partial charge in [-0.15, -0.1) is 0 Å². The molecule has 0 aliphatic rings. The van der Waals surface area contributed by atoms with Crippen LogP contribution in [0.3, 0.4) is 0 Å². The number of nitrogens with one attached hydrogen (secondary N) is 2. The lowest BCUT2D eigenvalue weighted by molar-refractivity contribution is 0.343. The predicted molar refractivity (Wildman–Crippen MR) is 123 cm³/mol. The molecule has 4 rings (SSSR count). The summed E-state index contributed by atoms with van der Waals surface area (Å²) in [7, 11) is 0. The second-order valence-corrected chi connectivity index (χ2v) is 7.56. The Morgan fingerprint density at radius 3 is 2.52 bits per heavy atom. The fourth-order valence-corrected chi connectivity index (χ4v) is 3.52. The highest BCUT2D eigenvalue weighted by atomic mass is 35.5. The summed E-state index contributed by atoms with van der Waals surface area (Å²) in [5.74, 6) is 1.31. The number of aromatic nitrogens is 4. The standard InChI is InChI=1S/C23H22ClN5O2/c1-4-31-19-7-5-6-17-13(2)25-22(27-20(17)19)29-23-26-14(3)18(21(30)28-23)12-15-8-10-16(24)11-9-15/h5-11H,4,12H2,1-3H3,(H2,25,26,27,28,29,30). The third-order valence-electron chi connectivity index (χ3n) is 4.93. The number of anilines is 2. The molecule has 7 nitrogen and oxygen atoms in total. The molecule has 0 radical (unpaired) electrons. The van der Waals surface area contributed by atoms with E-state index in [9.17, 15) is 4.79 Å². The number of hydrogen-bond donors (Lipinski definition) is 2. The van der Waals surface area contributed by atoms with Crippen LogP contribution in [0.5, 0.6) is 5.75 Å². The van der Waals surface area contributed by atoms with Crippen LogP contribution in [0.1, 0.15) is 29.4 Å². The number of ether oxygens (including phenoxy) is 1. The van der Waals surface area contributed by atoms with E-state index in [-0.39, 0.29) is 11.5 Å². The molecule has 4 aromatic rings. The molecular weight excluding hydrogens is 414 g/mol. The van der Waals surface area contributed by atoms with Crippen molar-refractivity contribution >= 4 is 34.4 Å². The van der Waals surface area contributed by atoms with Crippen molar-refractivity contribution in [1.29, 1.82) is 0 Å². The maximum atomic E-state index is 12.7. The molecule has 0 fully saturated rings. The third-order valence-corrected chi connectivity index (χ3v) is 5.18. The first-order valence-electron chi connectivity index (χ1n) is 9.96. The van der Waals surface area contributed by atoms with Crippen molar-refractivity contribution in [2.75, 3.05) is 11.9 Å². The van der Waals surface area contributed by atoms with E-state index in [1.165, 1.54) is 0 Å². The number of fused-ring (bicyclic) bond motifs is 1. The van der Waals surface area contributed by atoms with Crippen LogP contribution in [0.4, 0.5) is 11.9 Å². The van der Waals surface area contributed by atoms with Crippen LogP contribution in [-0.4, -0.2) is 26.5 Å². The van der Waals surface area contributed by atoms with Gasteiger partial charge in [-0.2, -0.15) is 0 Å². The van der Waals surface area contributed by atoms with Gasteiger partial charge in [-0.3, -0.25) is 15.1 Å². The summed E-state index contributed by atoms with van der Waals surface area (Å²) < 4.78 is 5.70. The molecule has 158 valence electrons. The SMILES string of the molecule is CCOc1cccc2c(C)nc(Nc3nc(C)c(Cc4ccc(Cl)cc4)c(=O)[nH]3)nc12. The van der Waals surface area contributed by atoms with E-state index in [4.69, 9.17) is 16.3 Å². The number of para-hydroxylation sites is 1. The van der Waals surface area contributed by atoms with Crippen LogP contribution in [0.2, 0.25) is 5.02 Å². The summed E-state index contributed by atoms with van der Waals surface area (Å²) in [5.41, 5.74) is 3.51. The topological polar surface area (TPSA) is 92.8 Å². The first-order chi connectivity index (χ1) is 14.9. The van der Waals surface area contributed by atoms with E-state index in [1.54, 1.807) is 12.1 Å². The van der Waals surface area contributed by atoms with Gasteiger partial charge in [-0.25, -0.2) is 15.0 Å². The molecule has 0 saturated carbocycles. The minimum atomic E-state index is -0.211. The Bertz CT molecular complexity index is 1300. The molecule has 0 amide bonds. The van der Waals surface area contributed by atoms with Gasteiger partial charge >= 0.3 is 0 Å². The van der Waals surface area contributed by atoms with Crippen LogP contribution in [0.15, 0.2) is 47.3 Å². The molecule has 0 unspecified atom stereocenters. The molecule has 2 N–H and O–H groups in total. The smallest absolute Gasteiger partial charge is 0.256 e. The second kappa shape index (κ2) is 8.73. The van der Waals surface area contributed by atoms with Gasteiger partial charge in [-0.05, 0) is 44.5 Å². The zero-order chi connectivity index (χ0) is 22.0. The molecule has 0 spiro atoms. The summed E-state index contributed by atoms with van der Waals surface area (Å²) in [6, 6.07) is 13.1. The Morgan fingerprint density at radius 1 is 1.03 bits per heavy atom. The minimum Gasteiger partial charge on any atom is -0.492 e. The molecular formula is C23H22ClN5O2. The Hall–Kier alpha value is -3.45. The third kappa shape index (κ3) is 4.51. The van der Waals surface area contributed by atoms with Crippen molar-refractivity contribution in [3.8, 4) is 5.75 Å².